The van der Waals surface area contributed by atoms with E-state index < -0.39 is 0 Å². The number of hydrogen-bond acceptors (Lipinski definition) is 5. The van der Waals surface area contributed by atoms with Crippen molar-refractivity contribution in [3.05, 3.63) is 182 Å². The van der Waals surface area contributed by atoms with Crippen LogP contribution in [0.5, 0.6) is 0 Å². The van der Waals surface area contributed by atoms with Crippen LogP contribution in [0.4, 0.5) is 17.1 Å². The van der Waals surface area contributed by atoms with Gasteiger partial charge in [0.15, 0.2) is 0 Å². The number of anilines is 3. The Morgan fingerprint density at radius 3 is 1.81 bits per heavy atom. The third-order valence-electron chi connectivity index (χ3n) is 10.3. The van der Waals surface area contributed by atoms with E-state index >= 15 is 0 Å². The highest BCUT2D eigenvalue weighted by Crippen LogP contribution is 2.41. The van der Waals surface area contributed by atoms with Gasteiger partial charge in [-0.1, -0.05) is 84.9 Å². The lowest BCUT2D eigenvalue weighted by molar-refractivity contribution is 1.29. The second-order valence-electron chi connectivity index (χ2n) is 13.6. The molecule has 3 aromatic heterocycles. The second kappa shape index (κ2) is 12.8. The molecule has 0 unspecified atom stereocenters. The van der Waals surface area contributed by atoms with Crippen molar-refractivity contribution in [1.82, 2.24) is 4.98 Å². The quantitative estimate of drug-likeness (QED) is 0.169. The molecule has 0 spiro atoms. The highest BCUT2D eigenvalue weighted by molar-refractivity contribution is 7.25. The predicted molar refractivity (Wildman–Crippen MR) is 236 cm³/mol. The lowest BCUT2D eigenvalue weighted by atomic mass is 10.0. The van der Waals surface area contributed by atoms with Gasteiger partial charge in [-0.25, -0.2) is 4.98 Å². The van der Waals surface area contributed by atoms with Crippen LogP contribution in [-0.4, -0.2) is 4.98 Å². The van der Waals surface area contributed by atoms with E-state index in [-0.39, 0.29) is 0 Å². The molecule has 0 aliphatic heterocycles. The Morgan fingerprint density at radius 1 is 0.352 bits per heavy atom. The van der Waals surface area contributed by atoms with E-state index in [0.29, 0.717) is 0 Å². The molecule has 0 saturated carbocycles. The van der Waals surface area contributed by atoms with Crippen molar-refractivity contribution in [3.8, 4) is 32.1 Å². The van der Waals surface area contributed by atoms with Gasteiger partial charge in [0.25, 0.3) is 0 Å². The molecule has 0 saturated heterocycles. The van der Waals surface area contributed by atoms with Gasteiger partial charge >= 0.3 is 0 Å². The van der Waals surface area contributed by atoms with Crippen LogP contribution in [0.3, 0.4) is 0 Å². The molecule has 11 aromatic rings. The maximum atomic E-state index is 4.93. The van der Waals surface area contributed by atoms with Gasteiger partial charge in [0, 0.05) is 52.4 Å². The fraction of sp³-hybridized carbons (Fsp3) is 0. The number of thiophene rings is 2. The van der Waals surface area contributed by atoms with Crippen LogP contribution in [0.15, 0.2) is 182 Å². The lowest BCUT2D eigenvalue weighted by Gasteiger charge is -2.26. The molecule has 5 heteroatoms. The average Bonchev–Trinajstić information content (AvgIpc) is 3.96. The summed E-state index contributed by atoms with van der Waals surface area (Å²) in [5.74, 6) is 0. The van der Waals surface area contributed by atoms with Crippen molar-refractivity contribution in [3.63, 3.8) is 0 Å². The van der Waals surface area contributed by atoms with Crippen LogP contribution in [0.1, 0.15) is 0 Å². The Kier molecular flexibility index (Phi) is 7.44. The molecule has 0 atom stereocenters. The zero-order valence-electron chi connectivity index (χ0n) is 28.9. The monoisotopic (exact) mass is 742 g/mol. The molecule has 0 amide bonds. The summed E-state index contributed by atoms with van der Waals surface area (Å²) in [6.45, 7) is 0. The van der Waals surface area contributed by atoms with Crippen molar-refractivity contribution in [2.45, 2.75) is 0 Å². The number of para-hydroxylation sites is 1. The van der Waals surface area contributed by atoms with Crippen LogP contribution < -0.4 is 4.90 Å². The van der Waals surface area contributed by atoms with Crippen LogP contribution in [0.25, 0.3) is 83.4 Å². The summed E-state index contributed by atoms with van der Waals surface area (Å²) in [7, 11) is 0. The average molecular weight is 743 g/mol. The summed E-state index contributed by atoms with van der Waals surface area (Å²) in [5, 5.41) is 7.40. The van der Waals surface area contributed by atoms with E-state index in [2.05, 4.69) is 187 Å². The van der Waals surface area contributed by atoms with E-state index in [4.69, 9.17) is 4.98 Å². The lowest BCUT2D eigenvalue weighted by Crippen LogP contribution is -2.09. The third kappa shape index (κ3) is 5.48. The maximum absolute atomic E-state index is 4.93. The molecule has 0 bridgehead atoms. The van der Waals surface area contributed by atoms with E-state index in [9.17, 15) is 0 Å². The first-order valence-electron chi connectivity index (χ1n) is 18.0. The highest BCUT2D eigenvalue weighted by atomic mass is 32.1. The Morgan fingerprint density at radius 2 is 1.00 bits per heavy atom. The predicted octanol–water partition coefficient (Wildman–Crippen LogP) is 15.5. The van der Waals surface area contributed by atoms with Gasteiger partial charge in [-0.15, -0.1) is 34.0 Å². The van der Waals surface area contributed by atoms with Crippen molar-refractivity contribution in [2.75, 3.05) is 4.90 Å². The molecule has 0 fully saturated rings. The fourth-order valence-electron chi connectivity index (χ4n) is 7.56. The molecule has 0 N–H and O–H groups in total. The smallest absolute Gasteiger partial charge is 0.124 e. The summed E-state index contributed by atoms with van der Waals surface area (Å²) in [6, 6.07) is 66.4. The Bertz CT molecular complexity index is 3100. The van der Waals surface area contributed by atoms with Crippen molar-refractivity contribution < 1.29 is 0 Å². The van der Waals surface area contributed by atoms with Crippen molar-refractivity contribution in [1.29, 1.82) is 0 Å². The van der Waals surface area contributed by atoms with E-state index in [0.717, 1.165) is 33.1 Å². The molecule has 254 valence electrons. The Balaban J connectivity index is 1.00. The molecule has 11 rings (SSSR count). The number of rotatable bonds is 6. The highest BCUT2D eigenvalue weighted by Gasteiger charge is 2.16. The summed E-state index contributed by atoms with van der Waals surface area (Å²) in [6.07, 6.45) is 0. The first kappa shape index (κ1) is 31.4. The maximum Gasteiger partial charge on any atom is 0.124 e. The van der Waals surface area contributed by atoms with Crippen LogP contribution in [0.2, 0.25) is 0 Å². The van der Waals surface area contributed by atoms with Crippen LogP contribution in [0, 0.1) is 0 Å². The molecule has 8 aromatic carbocycles. The minimum absolute atomic E-state index is 1.04. The first-order chi connectivity index (χ1) is 26.7. The summed E-state index contributed by atoms with van der Waals surface area (Å²) < 4.78 is 5.17. The van der Waals surface area contributed by atoms with Gasteiger partial charge in [0.1, 0.15) is 5.01 Å². The van der Waals surface area contributed by atoms with Crippen molar-refractivity contribution >= 4 is 102 Å². The summed E-state index contributed by atoms with van der Waals surface area (Å²) in [4.78, 5) is 8.59. The normalized spacial score (nSPS) is 11.7. The molecule has 0 radical (unpaired) electrons. The third-order valence-corrected chi connectivity index (χ3v) is 13.7. The molecule has 3 heterocycles. The zero-order valence-corrected chi connectivity index (χ0v) is 31.4. The van der Waals surface area contributed by atoms with Gasteiger partial charge in [-0.3, -0.25) is 0 Å². The van der Waals surface area contributed by atoms with Crippen molar-refractivity contribution in [2.24, 2.45) is 0 Å². The standard InChI is InChI=1S/C49H30N2S3/c1-4-10-44-35(7-1)30-48(52-44)36-14-13-32-17-25-40(28-37(32)27-36)51(39-23-18-33(19-24-39)49-50-43-9-3-6-12-47(43)54-49)38-21-15-31(16-22-38)34-20-26-46-42(29-34)41-8-2-5-11-45(41)53-46/h1-30H. The molecule has 54 heavy (non-hydrogen) atoms. The second-order valence-corrected chi connectivity index (χ2v) is 16.8. The minimum Gasteiger partial charge on any atom is -0.310 e. The topological polar surface area (TPSA) is 16.1 Å². The van der Waals surface area contributed by atoms with Gasteiger partial charge in [0.05, 0.1) is 10.2 Å². The van der Waals surface area contributed by atoms with Gasteiger partial charge in [0.2, 0.25) is 0 Å². The Hall–Kier alpha value is -6.11. The van der Waals surface area contributed by atoms with E-state index in [1.165, 1.54) is 67.3 Å². The number of hydrogen-bond donors (Lipinski definition) is 0. The summed E-state index contributed by atoms with van der Waals surface area (Å²) >= 11 is 5.45. The Labute approximate surface area is 324 Å². The van der Waals surface area contributed by atoms with E-state index in [1.54, 1.807) is 11.3 Å². The van der Waals surface area contributed by atoms with E-state index in [1.807, 2.05) is 22.7 Å². The number of aromatic nitrogens is 1. The largest absolute Gasteiger partial charge is 0.310 e. The first-order valence-corrected chi connectivity index (χ1v) is 20.5. The molecule has 2 nitrogen and oxygen atoms in total. The molecular formula is C49H30N2S3. The van der Waals surface area contributed by atoms with Crippen LogP contribution >= 0.6 is 34.0 Å². The molecular weight excluding hydrogens is 713 g/mol. The van der Waals surface area contributed by atoms with Gasteiger partial charge < -0.3 is 4.90 Å². The number of thiazole rings is 1. The zero-order chi connectivity index (χ0) is 35.6. The fourth-order valence-corrected chi connectivity index (χ4v) is 10.7. The van der Waals surface area contributed by atoms with Gasteiger partial charge in [-0.2, -0.15) is 0 Å². The number of nitrogens with zero attached hydrogens (tertiary/aromatic N) is 2. The molecule has 0 aliphatic rings. The summed E-state index contributed by atoms with van der Waals surface area (Å²) in [5.41, 5.74) is 9.15. The van der Waals surface area contributed by atoms with Gasteiger partial charge in [-0.05, 0) is 130 Å². The molecule has 0 aliphatic carbocycles. The number of fused-ring (bicyclic) bond motifs is 6. The minimum atomic E-state index is 1.04. The SMILES string of the molecule is c1ccc2sc(-c3ccc4ccc(N(c5ccc(-c6ccc7sc8ccccc8c7c6)cc5)c5ccc(-c6nc7ccccc7s6)cc5)cc4c3)cc2c1. The van der Waals surface area contributed by atoms with Crippen LogP contribution in [-0.2, 0) is 0 Å². The number of benzene rings is 8.